The van der Waals surface area contributed by atoms with Gasteiger partial charge < -0.3 is 75.0 Å². The Balaban J connectivity index is 0.000000164. The summed E-state index contributed by atoms with van der Waals surface area (Å²) in [5.74, 6) is 2.25. The maximum atomic E-state index is 8.56. The van der Waals surface area contributed by atoms with Gasteiger partial charge in [0.2, 0.25) is 0 Å². The van der Waals surface area contributed by atoms with E-state index in [1.165, 1.54) is 199 Å². The molecule has 726 valence electrons. The molecule has 11 aromatic carbocycles. The topological polar surface area (TPSA) is 179 Å². The van der Waals surface area contributed by atoms with Crippen molar-refractivity contribution in [3.8, 4) is 33.8 Å². The molecule has 138 heavy (non-hydrogen) atoms. The SMILES string of the molecule is CC(O)CC(C)O.CC(O)CC(C)O.CC(O)CC(C)O.CN1[CH-]N(c2[c-]cccc2)C2CCCCC21.CN1[CH-]N(c2[c-]cccc2)c2ccccc21.CN1[CH-]N(c2[c-]cccc2)c2ccccc21.[Ir+3].[Ir+3].[Ir+3].[c-]1ccccc1-c1cc2cc(C3CCCCC3)ccc2cn1.[c-]1ccccc1-c1cc2ccc(C3CCCCC3)cc2cn1.[c-]1ccccc1-c1cc2ccc(C3CCCCC3)cc2cn1. The van der Waals surface area contributed by atoms with Crippen molar-refractivity contribution >= 4 is 72.1 Å². The fourth-order valence-corrected chi connectivity index (χ4v) is 19.2. The van der Waals surface area contributed by atoms with Crippen LogP contribution in [0.2, 0.25) is 0 Å². The number of aromatic nitrogens is 3. The molecule has 6 heterocycles. The summed E-state index contributed by atoms with van der Waals surface area (Å²) >= 11 is 0. The van der Waals surface area contributed by atoms with Crippen molar-refractivity contribution in [1.82, 2.24) is 19.9 Å². The molecule has 7 aliphatic rings. The molecule has 8 unspecified atom stereocenters. The second-order valence-electron chi connectivity index (χ2n) is 37.2. The Morgan fingerprint density at radius 2 is 0.580 bits per heavy atom. The van der Waals surface area contributed by atoms with Crippen LogP contribution in [0.5, 0.6) is 0 Å². The molecule has 0 spiro atoms. The number of benzene rings is 11. The number of para-hydroxylation sites is 7. The average molecular weight is 2380 g/mol. The van der Waals surface area contributed by atoms with E-state index >= 15 is 0 Å². The second kappa shape index (κ2) is 57.3. The molecule has 18 heteroatoms. The quantitative estimate of drug-likeness (QED) is 0.0534. The summed E-state index contributed by atoms with van der Waals surface area (Å²) < 4.78 is 0. The van der Waals surface area contributed by atoms with Crippen molar-refractivity contribution in [2.24, 2.45) is 0 Å². The van der Waals surface area contributed by atoms with E-state index in [9.17, 15) is 0 Å². The Hall–Kier alpha value is -9.68. The van der Waals surface area contributed by atoms with Gasteiger partial charge in [-0.3, -0.25) is 0 Å². The summed E-state index contributed by atoms with van der Waals surface area (Å²) in [6.45, 7) is 16.4. The van der Waals surface area contributed by atoms with Gasteiger partial charge in [-0.2, -0.15) is 111 Å². The molecule has 0 bridgehead atoms. The first kappa shape index (κ1) is 110. The predicted molar refractivity (Wildman–Crippen MR) is 558 cm³/mol. The summed E-state index contributed by atoms with van der Waals surface area (Å²) in [4.78, 5) is 27.2. The molecule has 15 nitrogen and oxygen atoms in total. The number of hydrogen-bond acceptors (Lipinski definition) is 15. The van der Waals surface area contributed by atoms with Crippen LogP contribution < -0.4 is 24.5 Å². The van der Waals surface area contributed by atoms with Crippen molar-refractivity contribution in [3.05, 3.63) is 359 Å². The molecule has 4 saturated carbocycles. The van der Waals surface area contributed by atoms with E-state index in [1.54, 1.807) is 41.5 Å². The van der Waals surface area contributed by atoms with Crippen molar-refractivity contribution in [3.63, 3.8) is 0 Å². The first-order chi connectivity index (χ1) is 65.7. The van der Waals surface area contributed by atoms with Gasteiger partial charge in [-0.15, -0.1) is 125 Å². The van der Waals surface area contributed by atoms with Gasteiger partial charge in [0.25, 0.3) is 0 Å². The zero-order valence-corrected chi connectivity index (χ0v) is 88.7. The van der Waals surface area contributed by atoms with Crippen molar-refractivity contribution in [1.29, 1.82) is 0 Å². The van der Waals surface area contributed by atoms with Gasteiger partial charge in [0.1, 0.15) is 0 Å². The fourth-order valence-electron chi connectivity index (χ4n) is 19.2. The van der Waals surface area contributed by atoms with Crippen LogP contribution in [0.1, 0.15) is 217 Å². The number of fused-ring (bicyclic) bond motifs is 6. The summed E-state index contributed by atoms with van der Waals surface area (Å²) in [6, 6.07) is 113. The van der Waals surface area contributed by atoms with Crippen LogP contribution in [-0.2, 0) is 60.3 Å². The number of nitrogens with zero attached hydrogens (tertiary/aromatic N) is 9. The van der Waals surface area contributed by atoms with Crippen LogP contribution in [-0.4, -0.2) is 120 Å². The minimum absolute atomic E-state index is 0. The number of hydrogen-bond donors (Lipinski definition) is 6. The van der Waals surface area contributed by atoms with Gasteiger partial charge in [-0.1, -0.05) is 156 Å². The van der Waals surface area contributed by atoms with Crippen LogP contribution in [0.15, 0.2) is 286 Å². The minimum Gasteiger partial charge on any atom is -0.525 e. The van der Waals surface area contributed by atoms with Crippen molar-refractivity contribution in [2.75, 3.05) is 45.6 Å². The maximum Gasteiger partial charge on any atom is 3.00 e. The minimum atomic E-state index is -0.375. The molecule has 4 aliphatic carbocycles. The van der Waals surface area contributed by atoms with E-state index < -0.39 is 0 Å². The summed E-state index contributed by atoms with van der Waals surface area (Å²) in [5, 5.41) is 58.9. The van der Waals surface area contributed by atoms with Crippen molar-refractivity contribution in [2.45, 2.75) is 249 Å². The number of aliphatic hydroxyl groups excluding tert-OH is 6. The summed E-state index contributed by atoms with van der Waals surface area (Å²) in [7, 11) is 6.31. The van der Waals surface area contributed by atoms with Gasteiger partial charge in [0.05, 0.1) is 36.6 Å². The third-order valence-electron chi connectivity index (χ3n) is 25.8. The molecule has 3 aliphatic heterocycles. The molecule has 6 N–H and O–H groups in total. The summed E-state index contributed by atoms with van der Waals surface area (Å²) in [5.41, 5.74) is 18.9. The van der Waals surface area contributed by atoms with E-state index in [1.807, 2.05) is 122 Å². The zero-order chi connectivity index (χ0) is 94.8. The van der Waals surface area contributed by atoms with Gasteiger partial charge in [0, 0.05) is 53.4 Å². The van der Waals surface area contributed by atoms with Gasteiger partial charge in [-0.25, -0.2) is 0 Å². The molecule has 14 aromatic rings. The van der Waals surface area contributed by atoms with Crippen LogP contribution >= 0.6 is 0 Å². The second-order valence-corrected chi connectivity index (χ2v) is 37.2. The molecule has 21 rings (SSSR count). The third kappa shape index (κ3) is 33.0. The molecular formula is C120H138Ir3N9O6. The molecule has 8 atom stereocenters. The predicted octanol–water partition coefficient (Wildman–Crippen LogP) is 26.7. The summed E-state index contributed by atoms with van der Waals surface area (Å²) in [6.07, 6.45) is 31.1. The molecule has 0 radical (unpaired) electrons. The third-order valence-corrected chi connectivity index (χ3v) is 25.8. The Morgan fingerprint density at radius 3 is 0.906 bits per heavy atom. The van der Waals surface area contributed by atoms with E-state index in [2.05, 4.69) is 286 Å². The number of rotatable bonds is 15. The Morgan fingerprint density at radius 1 is 0.290 bits per heavy atom. The number of anilines is 7. The van der Waals surface area contributed by atoms with Crippen LogP contribution in [0, 0.1) is 56.4 Å². The van der Waals surface area contributed by atoms with E-state index in [0.29, 0.717) is 31.3 Å². The smallest absolute Gasteiger partial charge is 0.525 e. The largest absolute Gasteiger partial charge is 3.00 e. The van der Waals surface area contributed by atoms with E-state index in [0.717, 1.165) is 62.9 Å². The number of aliphatic hydroxyl groups is 6. The molecule has 0 amide bonds. The van der Waals surface area contributed by atoms with Crippen LogP contribution in [0.25, 0.3) is 66.1 Å². The van der Waals surface area contributed by atoms with Gasteiger partial charge in [-0.05, 0) is 254 Å². The number of pyridine rings is 3. The number of likely N-dealkylation sites (N-methyl/N-ethyl adjacent to an activating group) is 1. The van der Waals surface area contributed by atoms with Gasteiger partial charge in [0.15, 0.2) is 0 Å². The average Bonchev–Trinajstić information content (AvgIpc) is 1.82. The fraction of sp³-hybridized carbons (Fsp3) is 0.350. The first-order valence-corrected chi connectivity index (χ1v) is 49.0. The Bertz CT molecular complexity index is 5530. The normalized spacial score (nSPS) is 17.3. The van der Waals surface area contributed by atoms with Gasteiger partial charge >= 0.3 is 60.3 Å². The molecular weight excluding hydrogens is 2240 g/mol. The van der Waals surface area contributed by atoms with E-state index in [4.69, 9.17) is 30.6 Å². The molecule has 5 fully saturated rings. The standard InChI is InChI=1S/3C21H20N.C14H18N2.2C14H12N2.3C5H12O2.3Ir/c1-3-7-16(8-4-1)18-11-12-19-15-22-21(14-20(19)13-18)17-9-5-2-6-10-17;2*1-3-7-16(8-4-1)18-11-12-19-14-21(22-15-20(19)13-18)17-9-5-2-6-10-17;3*1-15-11-16(12-7-3-2-4-8-12)14-10-6-5-9-13(14)15;3*1-4(6)3-5(2)7;;;/h3*2,5-6,9,11-16H,1,3-4,7-8H2;2-4,7,11,13-14H,5-6,9-10H2,1H3;2*2-7,9-11H,1H3;3*4-7H,3H2,1-2H3;;;/q3*-1;3*-2;;;;3*+3. The van der Waals surface area contributed by atoms with E-state index in [-0.39, 0.29) is 96.9 Å². The Kier molecular flexibility index (Phi) is 45.8. The zero-order valence-electron chi connectivity index (χ0n) is 81.5. The monoisotopic (exact) mass is 2380 g/mol. The van der Waals surface area contributed by atoms with Crippen molar-refractivity contribution < 1.29 is 91.0 Å². The first-order valence-electron chi connectivity index (χ1n) is 49.0. The Labute approximate surface area is 863 Å². The molecule has 1 saturated heterocycles. The van der Waals surface area contributed by atoms with Crippen LogP contribution in [0.3, 0.4) is 0 Å². The maximum absolute atomic E-state index is 8.56. The molecule has 3 aromatic heterocycles. The van der Waals surface area contributed by atoms with Crippen LogP contribution in [0.4, 0.5) is 39.8 Å².